The number of hydrogen-bond donors (Lipinski definition) is 2. The van der Waals surface area contributed by atoms with Crippen molar-refractivity contribution in [1.29, 1.82) is 0 Å². The zero-order valence-corrected chi connectivity index (χ0v) is 21.8. The topological polar surface area (TPSA) is 60.4 Å². The molecule has 0 fully saturated rings. The molecule has 0 radical (unpaired) electrons. The quantitative estimate of drug-likeness (QED) is 0.476. The normalized spacial score (nSPS) is 17.0. The second kappa shape index (κ2) is 12.5. The average molecular weight is 474 g/mol. The van der Waals surface area contributed by atoms with Gasteiger partial charge in [0.2, 0.25) is 0 Å². The van der Waals surface area contributed by atoms with Crippen LogP contribution in [0.4, 0.5) is 5.69 Å². The van der Waals surface area contributed by atoms with Gasteiger partial charge in [0, 0.05) is 36.5 Å². The molecular weight excluding hydrogens is 432 g/mol. The van der Waals surface area contributed by atoms with Crippen LogP contribution in [0.2, 0.25) is 0 Å². The summed E-state index contributed by atoms with van der Waals surface area (Å²) >= 11 is 0. The van der Waals surface area contributed by atoms with E-state index in [-0.39, 0.29) is 6.04 Å². The molecule has 1 aromatic heterocycles. The largest absolute Gasteiger partial charge is 0.358 e. The van der Waals surface area contributed by atoms with Crippen LogP contribution in [0.5, 0.6) is 0 Å². The van der Waals surface area contributed by atoms with Crippen LogP contribution in [0.25, 0.3) is 11.1 Å². The molecule has 2 aromatic rings. The van der Waals surface area contributed by atoms with E-state index < -0.39 is 0 Å². The van der Waals surface area contributed by atoms with E-state index in [4.69, 9.17) is 5.73 Å². The summed E-state index contributed by atoms with van der Waals surface area (Å²) in [5.41, 5.74) is 12.7. The van der Waals surface area contributed by atoms with E-state index in [1.807, 2.05) is 12.4 Å². The molecule has 0 saturated carbocycles. The fourth-order valence-electron chi connectivity index (χ4n) is 4.18. The first-order valence-electron chi connectivity index (χ1n) is 12.4. The lowest BCUT2D eigenvalue weighted by molar-refractivity contribution is -0.501. The molecule has 3 rings (SSSR count). The molecule has 2 heterocycles. The van der Waals surface area contributed by atoms with Gasteiger partial charge in [-0.3, -0.25) is 9.56 Å². The number of amidine groups is 1. The van der Waals surface area contributed by atoms with Crippen molar-refractivity contribution in [2.75, 3.05) is 46.1 Å². The summed E-state index contributed by atoms with van der Waals surface area (Å²) in [7, 11) is 6.32. The smallest absolute Gasteiger partial charge is 0.276 e. The minimum Gasteiger partial charge on any atom is -0.358 e. The third-order valence-electron chi connectivity index (χ3n) is 6.10. The molecule has 1 unspecified atom stereocenters. The van der Waals surface area contributed by atoms with Crippen molar-refractivity contribution in [3.63, 3.8) is 0 Å². The summed E-state index contributed by atoms with van der Waals surface area (Å²) in [5, 5.41) is 3.37. The molecule has 1 aliphatic rings. The number of likely N-dealkylation sites (N-methyl/N-ethyl adjacent to an activating group) is 2. The van der Waals surface area contributed by atoms with Crippen molar-refractivity contribution in [3.8, 4) is 11.1 Å². The van der Waals surface area contributed by atoms with E-state index in [1.54, 1.807) is 0 Å². The van der Waals surface area contributed by atoms with Crippen LogP contribution in [-0.2, 0) is 6.42 Å². The van der Waals surface area contributed by atoms with Crippen LogP contribution in [-0.4, -0.2) is 72.0 Å². The second-order valence-corrected chi connectivity index (χ2v) is 9.60. The number of nitrogens with one attached hydrogen (secondary N) is 1. The molecule has 0 saturated heterocycles. The van der Waals surface area contributed by atoms with Gasteiger partial charge in [-0.25, -0.2) is 4.90 Å². The molecule has 0 spiro atoms. The van der Waals surface area contributed by atoms with Crippen LogP contribution >= 0.6 is 0 Å². The van der Waals surface area contributed by atoms with Gasteiger partial charge in [0.25, 0.3) is 5.84 Å². The third kappa shape index (κ3) is 7.64. The van der Waals surface area contributed by atoms with Gasteiger partial charge in [0.05, 0.1) is 31.5 Å². The van der Waals surface area contributed by atoms with Crippen molar-refractivity contribution in [2.24, 2.45) is 5.73 Å². The Morgan fingerprint density at radius 1 is 1.23 bits per heavy atom. The van der Waals surface area contributed by atoms with Crippen LogP contribution < -0.4 is 11.1 Å². The Morgan fingerprint density at radius 3 is 2.77 bits per heavy atom. The van der Waals surface area contributed by atoms with E-state index in [9.17, 15) is 0 Å². The van der Waals surface area contributed by atoms with Crippen molar-refractivity contribution >= 4 is 11.5 Å². The molecule has 1 atom stereocenters. The zero-order chi connectivity index (χ0) is 25.4. The molecule has 0 aliphatic carbocycles. The van der Waals surface area contributed by atoms with E-state index in [0.29, 0.717) is 0 Å². The first kappa shape index (κ1) is 26.4. The monoisotopic (exact) mass is 473 g/mol. The predicted molar refractivity (Wildman–Crippen MR) is 149 cm³/mol. The highest BCUT2D eigenvalue weighted by Crippen LogP contribution is 2.25. The maximum Gasteiger partial charge on any atom is 0.276 e. The summed E-state index contributed by atoms with van der Waals surface area (Å²) in [6, 6.07) is 10.7. The Hall–Kier alpha value is -3.22. The molecule has 6 heteroatoms. The standard InChI is InChI=1S/C29H41N6/c1-7-9-22(2)32-28-18-26(19-31-20-28)25-11-8-10-24(17-25)16-23(3)35-21-27(30)12-13-29(35)34(6)15-14-33(4)5/h8,10-13,17-20,27,32H,2-3,7,9,14-16,21,30H2,1,4-6H3/q+1. The van der Waals surface area contributed by atoms with Gasteiger partial charge in [-0.15, -0.1) is 0 Å². The third-order valence-corrected chi connectivity index (χ3v) is 6.10. The molecular formula is C29H41N6+. The van der Waals surface area contributed by atoms with Gasteiger partial charge in [0.1, 0.15) is 12.2 Å². The number of hydrogen-bond acceptors (Lipinski definition) is 4. The highest BCUT2D eigenvalue weighted by molar-refractivity contribution is 5.91. The average Bonchev–Trinajstić information content (AvgIpc) is 2.83. The van der Waals surface area contributed by atoms with Gasteiger partial charge in [-0.05, 0) is 37.7 Å². The van der Waals surface area contributed by atoms with Gasteiger partial charge in [-0.1, -0.05) is 56.8 Å². The number of aromatic nitrogens is 1. The van der Waals surface area contributed by atoms with Gasteiger partial charge >= 0.3 is 0 Å². The minimum atomic E-state index is -0.00661. The number of nitrogens with zero attached hydrogens (tertiary/aromatic N) is 4. The Morgan fingerprint density at radius 2 is 2.03 bits per heavy atom. The number of nitrogens with two attached hydrogens (primary N) is 1. The van der Waals surface area contributed by atoms with Crippen molar-refractivity contribution in [3.05, 3.63) is 85.0 Å². The predicted octanol–water partition coefficient (Wildman–Crippen LogP) is 4.33. The molecule has 6 nitrogen and oxygen atoms in total. The van der Waals surface area contributed by atoms with Crippen molar-refractivity contribution < 1.29 is 4.58 Å². The van der Waals surface area contributed by atoms with E-state index in [2.05, 4.69) is 108 Å². The second-order valence-electron chi connectivity index (χ2n) is 9.60. The van der Waals surface area contributed by atoms with Crippen LogP contribution in [0.3, 0.4) is 0 Å². The minimum absolute atomic E-state index is 0.00661. The molecule has 1 aliphatic heterocycles. The lowest BCUT2D eigenvalue weighted by Gasteiger charge is -2.27. The number of benzene rings is 1. The van der Waals surface area contributed by atoms with Gasteiger partial charge in [-0.2, -0.15) is 0 Å². The summed E-state index contributed by atoms with van der Waals surface area (Å²) in [6.45, 7) is 13.3. The lowest BCUT2D eigenvalue weighted by Crippen LogP contribution is -2.46. The Bertz CT molecular complexity index is 1100. The van der Waals surface area contributed by atoms with Crippen molar-refractivity contribution in [2.45, 2.75) is 32.2 Å². The maximum atomic E-state index is 6.28. The van der Waals surface area contributed by atoms with Gasteiger partial charge < -0.3 is 16.0 Å². The molecule has 0 amide bonds. The molecule has 3 N–H and O–H groups in total. The highest BCUT2D eigenvalue weighted by atomic mass is 15.3. The van der Waals surface area contributed by atoms with Gasteiger partial charge in [0.15, 0.2) is 0 Å². The molecule has 0 bridgehead atoms. The fraction of sp³-hybridized carbons (Fsp3) is 0.379. The zero-order valence-electron chi connectivity index (χ0n) is 21.8. The van der Waals surface area contributed by atoms with E-state index >= 15 is 0 Å². The number of allylic oxidation sites excluding steroid dienone is 2. The first-order valence-corrected chi connectivity index (χ1v) is 12.4. The summed E-state index contributed by atoms with van der Waals surface area (Å²) in [4.78, 5) is 8.90. The summed E-state index contributed by atoms with van der Waals surface area (Å²) in [6.07, 6.45) is 10.7. The lowest BCUT2D eigenvalue weighted by atomic mass is 10.0. The molecule has 186 valence electrons. The Kier molecular flexibility index (Phi) is 9.40. The summed E-state index contributed by atoms with van der Waals surface area (Å²) in [5.74, 6) is 1.14. The van der Waals surface area contributed by atoms with Crippen LogP contribution in [0.1, 0.15) is 25.3 Å². The van der Waals surface area contributed by atoms with Crippen LogP contribution in [0, 0.1) is 0 Å². The fourth-order valence-corrected chi connectivity index (χ4v) is 4.18. The SMILES string of the molecule is C=C(CCC)Nc1cncc(-c2cccc(CC(=C)N3CC(N)C=CC3=[N+](C)CCN(C)C)c2)c1. The van der Waals surface area contributed by atoms with Crippen LogP contribution in [0.15, 0.2) is 79.4 Å². The number of pyridine rings is 1. The molecule has 35 heavy (non-hydrogen) atoms. The van der Waals surface area contributed by atoms with E-state index in [1.165, 1.54) is 5.56 Å². The Labute approximate surface area is 211 Å². The van der Waals surface area contributed by atoms with E-state index in [0.717, 1.165) is 72.9 Å². The number of rotatable bonds is 11. The Balaban J connectivity index is 1.78. The molecule has 1 aromatic carbocycles. The first-order chi connectivity index (χ1) is 16.8. The number of anilines is 1. The highest BCUT2D eigenvalue weighted by Gasteiger charge is 2.28. The maximum absolute atomic E-state index is 6.28. The van der Waals surface area contributed by atoms with Crippen molar-refractivity contribution in [1.82, 2.24) is 14.8 Å². The summed E-state index contributed by atoms with van der Waals surface area (Å²) < 4.78 is 2.28.